The minimum Gasteiger partial charge on any atom is -0.354 e. The summed E-state index contributed by atoms with van der Waals surface area (Å²) >= 11 is 0. The third-order valence-corrected chi connectivity index (χ3v) is 2.15. The average molecular weight is 191 g/mol. The zero-order chi connectivity index (χ0) is 10.3. The molecule has 0 bridgehead atoms. The van der Waals surface area contributed by atoms with Crippen molar-refractivity contribution in [3.05, 3.63) is 33.8 Å². The number of nitro groups is 1. The molecule has 14 heavy (non-hydrogen) atoms. The van der Waals surface area contributed by atoms with E-state index in [2.05, 4.69) is 9.97 Å². The number of aryl methyl sites for hydroxylation is 2. The molecule has 0 aliphatic rings. The predicted octanol–water partition coefficient (Wildman–Crippen LogP) is 2.09. The van der Waals surface area contributed by atoms with Gasteiger partial charge in [0.15, 0.2) is 0 Å². The molecule has 0 radical (unpaired) electrons. The zero-order valence-corrected chi connectivity index (χ0v) is 7.87. The summed E-state index contributed by atoms with van der Waals surface area (Å²) < 4.78 is 0. The molecule has 2 aromatic rings. The van der Waals surface area contributed by atoms with Gasteiger partial charge in [-0.05, 0) is 19.9 Å². The van der Waals surface area contributed by atoms with Gasteiger partial charge in [0, 0.05) is 5.69 Å². The van der Waals surface area contributed by atoms with E-state index in [-0.39, 0.29) is 5.69 Å². The number of fused-ring (bicyclic) bond motifs is 1. The van der Waals surface area contributed by atoms with E-state index in [0.717, 1.165) is 16.9 Å². The molecule has 0 spiro atoms. The van der Waals surface area contributed by atoms with Crippen molar-refractivity contribution < 1.29 is 4.92 Å². The Labute approximate surface area is 79.9 Å². The summed E-state index contributed by atoms with van der Waals surface area (Å²) in [6, 6.07) is 1.72. The number of hydrogen-bond donors (Lipinski definition) is 1. The summed E-state index contributed by atoms with van der Waals surface area (Å²) in [6.07, 6.45) is 1.40. The molecule has 1 N–H and O–H groups in total. The Kier molecular flexibility index (Phi) is 1.73. The first-order chi connectivity index (χ1) is 6.59. The minimum atomic E-state index is -0.391. The number of H-pyrrole nitrogens is 1. The molecule has 0 aromatic carbocycles. The molecule has 0 aliphatic heterocycles. The summed E-state index contributed by atoms with van der Waals surface area (Å²) in [6.45, 7) is 3.65. The third kappa shape index (κ3) is 1.14. The largest absolute Gasteiger partial charge is 0.354 e. The van der Waals surface area contributed by atoms with Crippen molar-refractivity contribution in [2.45, 2.75) is 13.8 Å². The molecule has 0 fully saturated rings. The summed E-state index contributed by atoms with van der Waals surface area (Å²) in [7, 11) is 0. The van der Waals surface area contributed by atoms with Gasteiger partial charge in [-0.3, -0.25) is 15.1 Å². The molecule has 5 heteroatoms. The second kappa shape index (κ2) is 2.80. The maximum Gasteiger partial charge on any atom is 0.294 e. The van der Waals surface area contributed by atoms with Crippen LogP contribution in [0.5, 0.6) is 0 Å². The number of rotatable bonds is 1. The fraction of sp³-hybridized carbons (Fsp3) is 0.222. The highest BCUT2D eigenvalue weighted by Gasteiger charge is 2.15. The van der Waals surface area contributed by atoms with Crippen LogP contribution >= 0.6 is 0 Å². The molecule has 2 heterocycles. The molecule has 0 amide bonds. The summed E-state index contributed by atoms with van der Waals surface area (Å²) in [5, 5.41) is 11.3. The Bertz CT molecular complexity index is 516. The number of aromatic nitrogens is 2. The summed E-state index contributed by atoms with van der Waals surface area (Å²) in [5.41, 5.74) is 2.42. The molecular weight excluding hydrogens is 182 g/mol. The number of nitrogens with zero attached hydrogens (tertiary/aromatic N) is 2. The Hall–Kier alpha value is -1.91. The van der Waals surface area contributed by atoms with Crippen LogP contribution in [0.3, 0.4) is 0 Å². The van der Waals surface area contributed by atoms with Gasteiger partial charge in [0.1, 0.15) is 0 Å². The molecule has 0 saturated heterocycles. The molecule has 2 rings (SSSR count). The monoisotopic (exact) mass is 191 g/mol. The quantitative estimate of drug-likeness (QED) is 0.554. The minimum absolute atomic E-state index is 0.105. The van der Waals surface area contributed by atoms with E-state index in [1.54, 1.807) is 6.07 Å². The van der Waals surface area contributed by atoms with Crippen LogP contribution in [0.4, 0.5) is 5.69 Å². The Morgan fingerprint density at radius 1 is 1.50 bits per heavy atom. The van der Waals surface area contributed by atoms with Gasteiger partial charge in [-0.15, -0.1) is 0 Å². The van der Waals surface area contributed by atoms with E-state index in [0.29, 0.717) is 5.39 Å². The topological polar surface area (TPSA) is 71.8 Å². The van der Waals surface area contributed by atoms with Crippen molar-refractivity contribution in [2.24, 2.45) is 0 Å². The van der Waals surface area contributed by atoms with E-state index in [1.807, 2.05) is 13.8 Å². The van der Waals surface area contributed by atoms with Gasteiger partial charge >= 0.3 is 0 Å². The lowest BCUT2D eigenvalue weighted by Crippen LogP contribution is -1.89. The van der Waals surface area contributed by atoms with Crippen molar-refractivity contribution in [3.8, 4) is 0 Å². The lowest BCUT2D eigenvalue weighted by molar-refractivity contribution is -0.383. The number of nitrogens with one attached hydrogen (secondary N) is 1. The van der Waals surface area contributed by atoms with E-state index >= 15 is 0 Å². The van der Waals surface area contributed by atoms with Crippen LogP contribution in [0.15, 0.2) is 12.3 Å². The van der Waals surface area contributed by atoms with Crippen molar-refractivity contribution in [1.29, 1.82) is 0 Å². The Balaban J connectivity index is 2.85. The normalized spacial score (nSPS) is 10.7. The van der Waals surface area contributed by atoms with Crippen molar-refractivity contribution >= 4 is 16.6 Å². The van der Waals surface area contributed by atoms with E-state index in [1.165, 1.54) is 6.20 Å². The van der Waals surface area contributed by atoms with Crippen LogP contribution in [0.1, 0.15) is 11.4 Å². The Morgan fingerprint density at radius 3 is 2.86 bits per heavy atom. The second-order valence-electron chi connectivity index (χ2n) is 3.20. The fourth-order valence-electron chi connectivity index (χ4n) is 1.58. The summed E-state index contributed by atoms with van der Waals surface area (Å²) in [4.78, 5) is 17.4. The van der Waals surface area contributed by atoms with Crippen molar-refractivity contribution in [2.75, 3.05) is 0 Å². The van der Waals surface area contributed by atoms with Crippen LogP contribution in [-0.2, 0) is 0 Å². The highest BCUT2D eigenvalue weighted by molar-refractivity contribution is 5.90. The van der Waals surface area contributed by atoms with Gasteiger partial charge in [-0.1, -0.05) is 0 Å². The highest BCUT2D eigenvalue weighted by Crippen LogP contribution is 2.26. The molecule has 5 nitrogen and oxygen atoms in total. The maximum atomic E-state index is 10.7. The molecular formula is C9H9N3O2. The maximum absolute atomic E-state index is 10.7. The zero-order valence-electron chi connectivity index (χ0n) is 7.87. The van der Waals surface area contributed by atoms with Crippen LogP contribution in [0.2, 0.25) is 0 Å². The van der Waals surface area contributed by atoms with E-state index < -0.39 is 4.92 Å². The predicted molar refractivity (Wildman–Crippen MR) is 52.2 cm³/mol. The van der Waals surface area contributed by atoms with Crippen LogP contribution in [0.25, 0.3) is 10.9 Å². The van der Waals surface area contributed by atoms with Crippen LogP contribution in [-0.4, -0.2) is 14.9 Å². The van der Waals surface area contributed by atoms with Crippen molar-refractivity contribution in [1.82, 2.24) is 9.97 Å². The first kappa shape index (κ1) is 8.68. The third-order valence-electron chi connectivity index (χ3n) is 2.15. The van der Waals surface area contributed by atoms with Gasteiger partial charge in [0.2, 0.25) is 0 Å². The second-order valence-corrected chi connectivity index (χ2v) is 3.20. The first-order valence-electron chi connectivity index (χ1n) is 4.19. The van der Waals surface area contributed by atoms with Gasteiger partial charge in [-0.25, -0.2) is 0 Å². The van der Waals surface area contributed by atoms with Gasteiger partial charge in [-0.2, -0.15) is 0 Å². The summed E-state index contributed by atoms with van der Waals surface area (Å²) in [5.74, 6) is 0. The first-order valence-corrected chi connectivity index (χ1v) is 4.19. The molecule has 2 aromatic heterocycles. The highest BCUT2D eigenvalue weighted by atomic mass is 16.6. The number of pyridine rings is 1. The van der Waals surface area contributed by atoms with Crippen LogP contribution in [0, 0.1) is 24.0 Å². The lowest BCUT2D eigenvalue weighted by atomic mass is 10.2. The van der Waals surface area contributed by atoms with Crippen molar-refractivity contribution in [3.63, 3.8) is 0 Å². The van der Waals surface area contributed by atoms with Gasteiger partial charge < -0.3 is 4.98 Å². The Morgan fingerprint density at radius 2 is 2.21 bits per heavy atom. The number of hydrogen-bond acceptors (Lipinski definition) is 3. The molecule has 0 unspecified atom stereocenters. The SMILES string of the molecule is Cc1cc2c([N+](=O)[O-])c[nH]c2c(C)n1. The van der Waals surface area contributed by atoms with E-state index in [4.69, 9.17) is 0 Å². The average Bonchev–Trinajstić information content (AvgIpc) is 2.47. The van der Waals surface area contributed by atoms with E-state index in [9.17, 15) is 10.1 Å². The fourth-order valence-corrected chi connectivity index (χ4v) is 1.58. The van der Waals surface area contributed by atoms with Gasteiger partial charge in [0.05, 0.1) is 27.7 Å². The number of aromatic amines is 1. The van der Waals surface area contributed by atoms with Crippen LogP contribution < -0.4 is 0 Å². The lowest BCUT2D eigenvalue weighted by Gasteiger charge is -1.97. The molecule has 0 atom stereocenters. The standard InChI is InChI=1S/C9H9N3O2/c1-5-3-7-8(12(13)14)4-10-9(7)6(2)11-5/h3-4,10H,1-2H3. The van der Waals surface area contributed by atoms with Gasteiger partial charge in [0.25, 0.3) is 5.69 Å². The molecule has 72 valence electrons. The molecule has 0 aliphatic carbocycles. The smallest absolute Gasteiger partial charge is 0.294 e. The molecule has 0 saturated carbocycles.